The summed E-state index contributed by atoms with van der Waals surface area (Å²) in [7, 11) is 0. The van der Waals surface area contributed by atoms with E-state index < -0.39 is 0 Å². The van der Waals surface area contributed by atoms with Crippen LogP contribution < -0.4 is 0 Å². The van der Waals surface area contributed by atoms with E-state index in [-0.39, 0.29) is 18.3 Å². The predicted molar refractivity (Wildman–Crippen MR) is 95.0 cm³/mol. The van der Waals surface area contributed by atoms with Crippen LogP contribution in [-0.2, 0) is 9.53 Å². The monoisotopic (exact) mass is 346 g/mol. The second-order valence-corrected chi connectivity index (χ2v) is 6.10. The molecule has 24 heavy (non-hydrogen) atoms. The van der Waals surface area contributed by atoms with Crippen molar-refractivity contribution in [3.05, 3.63) is 40.7 Å². The molecule has 0 radical (unpaired) electrons. The standard InChI is InChI=1S/C18H22N2O3S/c1-3-11-20(12-10-15(21)23-4-2)18(22)17-16(19-13-24-17)14-8-6-5-7-9-14/h5-9,13H,3-4,10-12H2,1-2H3. The summed E-state index contributed by atoms with van der Waals surface area (Å²) in [5, 5.41) is 0. The third-order valence-electron chi connectivity index (χ3n) is 3.48. The Balaban J connectivity index is 2.15. The number of carbonyl (C=O) groups is 2. The molecule has 1 aromatic heterocycles. The molecule has 1 heterocycles. The van der Waals surface area contributed by atoms with Crippen molar-refractivity contribution in [2.24, 2.45) is 0 Å². The van der Waals surface area contributed by atoms with Gasteiger partial charge in [0.2, 0.25) is 0 Å². The van der Waals surface area contributed by atoms with E-state index >= 15 is 0 Å². The lowest BCUT2D eigenvalue weighted by Crippen LogP contribution is -2.33. The molecule has 0 spiro atoms. The number of aromatic nitrogens is 1. The topological polar surface area (TPSA) is 59.5 Å². The first-order chi connectivity index (χ1) is 11.7. The Labute approximate surface area is 146 Å². The van der Waals surface area contributed by atoms with E-state index in [1.165, 1.54) is 11.3 Å². The molecule has 0 unspecified atom stereocenters. The molecule has 1 amide bonds. The molecule has 0 aliphatic heterocycles. The van der Waals surface area contributed by atoms with E-state index in [1.54, 1.807) is 17.3 Å². The lowest BCUT2D eigenvalue weighted by atomic mass is 10.1. The van der Waals surface area contributed by atoms with Gasteiger partial charge in [-0.05, 0) is 13.3 Å². The third kappa shape index (κ3) is 4.64. The van der Waals surface area contributed by atoms with Crippen molar-refractivity contribution in [2.45, 2.75) is 26.7 Å². The first-order valence-corrected chi connectivity index (χ1v) is 8.99. The van der Waals surface area contributed by atoms with E-state index in [2.05, 4.69) is 4.98 Å². The molecule has 2 rings (SSSR count). The van der Waals surface area contributed by atoms with Gasteiger partial charge in [0, 0.05) is 18.7 Å². The number of hydrogen-bond donors (Lipinski definition) is 0. The van der Waals surface area contributed by atoms with Gasteiger partial charge in [-0.25, -0.2) is 4.98 Å². The van der Waals surface area contributed by atoms with Crippen molar-refractivity contribution in [3.8, 4) is 11.3 Å². The molecule has 0 aliphatic carbocycles. The fraction of sp³-hybridized carbons (Fsp3) is 0.389. The number of ether oxygens (including phenoxy) is 1. The van der Waals surface area contributed by atoms with Gasteiger partial charge in [-0.1, -0.05) is 37.3 Å². The molecule has 1 aromatic carbocycles. The van der Waals surface area contributed by atoms with Crippen LogP contribution in [0.1, 0.15) is 36.4 Å². The largest absolute Gasteiger partial charge is 0.466 e. The van der Waals surface area contributed by atoms with Crippen molar-refractivity contribution in [1.29, 1.82) is 0 Å². The number of benzene rings is 1. The lowest BCUT2D eigenvalue weighted by Gasteiger charge is -2.21. The van der Waals surface area contributed by atoms with E-state index in [4.69, 9.17) is 4.74 Å². The van der Waals surface area contributed by atoms with E-state index in [0.29, 0.717) is 30.3 Å². The minimum Gasteiger partial charge on any atom is -0.466 e. The number of esters is 1. The minimum atomic E-state index is -0.279. The highest BCUT2D eigenvalue weighted by atomic mass is 32.1. The van der Waals surface area contributed by atoms with Gasteiger partial charge in [-0.2, -0.15) is 0 Å². The van der Waals surface area contributed by atoms with Gasteiger partial charge < -0.3 is 9.64 Å². The number of rotatable bonds is 8. The smallest absolute Gasteiger partial charge is 0.307 e. The summed E-state index contributed by atoms with van der Waals surface area (Å²) in [5.41, 5.74) is 3.30. The zero-order valence-corrected chi connectivity index (χ0v) is 14.8. The Morgan fingerprint density at radius 2 is 1.92 bits per heavy atom. The van der Waals surface area contributed by atoms with Gasteiger partial charge in [0.1, 0.15) is 4.88 Å². The average molecular weight is 346 g/mol. The fourth-order valence-corrected chi connectivity index (χ4v) is 3.16. The summed E-state index contributed by atoms with van der Waals surface area (Å²) < 4.78 is 4.95. The maximum absolute atomic E-state index is 12.9. The molecule has 0 N–H and O–H groups in total. The second-order valence-electron chi connectivity index (χ2n) is 5.24. The normalized spacial score (nSPS) is 10.4. The highest BCUT2D eigenvalue weighted by Crippen LogP contribution is 2.26. The predicted octanol–water partition coefficient (Wildman–Crippen LogP) is 3.62. The number of carbonyl (C=O) groups excluding carboxylic acids is 2. The van der Waals surface area contributed by atoms with Crippen molar-refractivity contribution in [1.82, 2.24) is 9.88 Å². The molecule has 5 nitrogen and oxygen atoms in total. The number of amides is 1. The quantitative estimate of drug-likeness (QED) is 0.685. The van der Waals surface area contributed by atoms with Crippen LogP contribution >= 0.6 is 11.3 Å². The maximum atomic E-state index is 12.9. The van der Waals surface area contributed by atoms with Gasteiger partial charge in [0.15, 0.2) is 0 Å². The Morgan fingerprint density at radius 3 is 2.58 bits per heavy atom. The molecule has 0 aliphatic rings. The number of nitrogens with zero attached hydrogens (tertiary/aromatic N) is 2. The highest BCUT2D eigenvalue weighted by Gasteiger charge is 2.22. The summed E-state index contributed by atoms with van der Waals surface area (Å²) in [6.07, 6.45) is 1.03. The van der Waals surface area contributed by atoms with E-state index in [1.807, 2.05) is 37.3 Å². The van der Waals surface area contributed by atoms with Gasteiger partial charge in [-0.15, -0.1) is 11.3 Å². The van der Waals surface area contributed by atoms with Crippen molar-refractivity contribution in [2.75, 3.05) is 19.7 Å². The van der Waals surface area contributed by atoms with Crippen LogP contribution in [0.2, 0.25) is 0 Å². The summed E-state index contributed by atoms with van der Waals surface area (Å²) >= 11 is 1.33. The zero-order valence-electron chi connectivity index (χ0n) is 14.0. The van der Waals surface area contributed by atoms with Crippen LogP contribution in [0, 0.1) is 0 Å². The minimum absolute atomic E-state index is 0.0810. The Hall–Kier alpha value is -2.21. The highest BCUT2D eigenvalue weighted by molar-refractivity contribution is 7.12. The SMILES string of the molecule is CCCN(CCC(=O)OCC)C(=O)c1scnc1-c1ccccc1. The van der Waals surface area contributed by atoms with E-state index in [9.17, 15) is 9.59 Å². The van der Waals surface area contributed by atoms with Crippen LogP contribution in [-0.4, -0.2) is 41.5 Å². The van der Waals surface area contributed by atoms with Crippen LogP contribution in [0.15, 0.2) is 35.8 Å². The van der Waals surface area contributed by atoms with Crippen molar-refractivity contribution >= 4 is 23.2 Å². The summed E-state index contributed by atoms with van der Waals surface area (Å²) in [4.78, 5) is 31.2. The molecule has 0 saturated carbocycles. The molecular weight excluding hydrogens is 324 g/mol. The molecule has 0 bridgehead atoms. The zero-order chi connectivity index (χ0) is 17.4. The Morgan fingerprint density at radius 1 is 1.17 bits per heavy atom. The van der Waals surface area contributed by atoms with Crippen molar-refractivity contribution < 1.29 is 14.3 Å². The number of hydrogen-bond acceptors (Lipinski definition) is 5. The Kier molecular flexibility index (Phi) is 6.93. The van der Waals surface area contributed by atoms with Gasteiger partial charge in [0.05, 0.1) is 24.2 Å². The molecule has 2 aromatic rings. The molecule has 0 fully saturated rings. The second kappa shape index (κ2) is 9.17. The van der Waals surface area contributed by atoms with Gasteiger partial charge in [-0.3, -0.25) is 9.59 Å². The van der Waals surface area contributed by atoms with Gasteiger partial charge >= 0.3 is 5.97 Å². The van der Waals surface area contributed by atoms with E-state index in [0.717, 1.165) is 12.0 Å². The van der Waals surface area contributed by atoms with Crippen LogP contribution in [0.25, 0.3) is 11.3 Å². The first kappa shape index (κ1) is 18.1. The van der Waals surface area contributed by atoms with Crippen LogP contribution in [0.5, 0.6) is 0 Å². The summed E-state index contributed by atoms with van der Waals surface area (Å²) in [5.74, 6) is -0.360. The summed E-state index contributed by atoms with van der Waals surface area (Å²) in [6.45, 7) is 5.10. The maximum Gasteiger partial charge on any atom is 0.307 e. The lowest BCUT2D eigenvalue weighted by molar-refractivity contribution is -0.143. The molecular formula is C18H22N2O3S. The average Bonchev–Trinajstić information content (AvgIpc) is 3.08. The first-order valence-electron chi connectivity index (χ1n) is 8.11. The molecule has 0 saturated heterocycles. The van der Waals surface area contributed by atoms with Crippen molar-refractivity contribution in [3.63, 3.8) is 0 Å². The molecule has 6 heteroatoms. The summed E-state index contributed by atoms with van der Waals surface area (Å²) in [6, 6.07) is 9.66. The Bertz CT molecular complexity index is 670. The fourth-order valence-electron chi connectivity index (χ4n) is 2.39. The molecule has 128 valence electrons. The third-order valence-corrected chi connectivity index (χ3v) is 4.30. The van der Waals surface area contributed by atoms with Crippen LogP contribution in [0.4, 0.5) is 0 Å². The molecule has 0 atom stereocenters. The van der Waals surface area contributed by atoms with Gasteiger partial charge in [0.25, 0.3) is 5.91 Å². The van der Waals surface area contributed by atoms with Crippen LogP contribution in [0.3, 0.4) is 0 Å². The number of thiazole rings is 1.